The summed E-state index contributed by atoms with van der Waals surface area (Å²) in [7, 11) is 0. The van der Waals surface area contributed by atoms with Crippen LogP contribution in [0.4, 0.5) is 0 Å². The molecule has 0 bridgehead atoms. The van der Waals surface area contributed by atoms with Crippen LogP contribution in [0.2, 0.25) is 0 Å². The van der Waals surface area contributed by atoms with Crippen molar-refractivity contribution in [3.05, 3.63) is 11.7 Å². The van der Waals surface area contributed by atoms with Crippen molar-refractivity contribution in [2.75, 3.05) is 13.1 Å². The fraction of sp³-hybridized carbons (Fsp3) is 0.818. The number of piperidine rings is 1. The molecule has 2 rings (SSSR count). The van der Waals surface area contributed by atoms with E-state index in [9.17, 15) is 0 Å². The van der Waals surface area contributed by atoms with Crippen molar-refractivity contribution in [2.24, 2.45) is 5.92 Å². The van der Waals surface area contributed by atoms with Crippen LogP contribution in [-0.2, 0) is 6.54 Å². The van der Waals surface area contributed by atoms with Crippen LogP contribution < -0.4 is 0 Å². The molecule has 1 aromatic heterocycles. The third kappa shape index (κ3) is 2.78. The van der Waals surface area contributed by atoms with E-state index in [1.807, 2.05) is 6.92 Å². The second kappa shape index (κ2) is 4.75. The van der Waals surface area contributed by atoms with Gasteiger partial charge in [-0.15, -0.1) is 0 Å². The number of hydrogen-bond acceptors (Lipinski definition) is 4. The lowest BCUT2D eigenvalue weighted by molar-refractivity contribution is 0.170. The topological polar surface area (TPSA) is 42.2 Å². The Morgan fingerprint density at radius 1 is 1.40 bits per heavy atom. The van der Waals surface area contributed by atoms with Crippen molar-refractivity contribution in [1.82, 2.24) is 15.0 Å². The zero-order chi connectivity index (χ0) is 10.7. The Hall–Kier alpha value is -0.900. The number of aromatic nitrogens is 2. The molecule has 2 heterocycles. The highest BCUT2D eigenvalue weighted by atomic mass is 16.5. The smallest absolute Gasteiger partial charge is 0.223 e. The molecule has 0 amide bonds. The summed E-state index contributed by atoms with van der Waals surface area (Å²) in [4.78, 5) is 6.64. The average molecular weight is 209 g/mol. The predicted octanol–water partition coefficient (Wildman–Crippen LogP) is 2.00. The number of rotatable bonds is 3. The van der Waals surface area contributed by atoms with E-state index in [1.165, 1.54) is 32.4 Å². The highest BCUT2D eigenvalue weighted by molar-refractivity contribution is 4.85. The van der Waals surface area contributed by atoms with E-state index in [1.54, 1.807) is 0 Å². The number of hydrogen-bond donors (Lipinski definition) is 0. The van der Waals surface area contributed by atoms with E-state index in [-0.39, 0.29) is 0 Å². The van der Waals surface area contributed by atoms with Crippen molar-refractivity contribution in [3.8, 4) is 0 Å². The fourth-order valence-electron chi connectivity index (χ4n) is 2.16. The molecule has 0 aliphatic carbocycles. The Bertz CT molecular complexity index is 303. The normalized spacial score (nSPS) is 19.6. The second-order valence-corrected chi connectivity index (χ2v) is 4.36. The SMILES string of the molecule is CCC1CCN(Cc2noc(C)n2)CC1. The van der Waals surface area contributed by atoms with Crippen LogP contribution >= 0.6 is 0 Å². The zero-order valence-electron chi connectivity index (χ0n) is 9.57. The van der Waals surface area contributed by atoms with Crippen LogP contribution in [0.25, 0.3) is 0 Å². The lowest BCUT2D eigenvalue weighted by atomic mass is 9.94. The number of likely N-dealkylation sites (tertiary alicyclic amines) is 1. The molecule has 1 fully saturated rings. The Balaban J connectivity index is 1.82. The standard InChI is InChI=1S/C11H19N3O/c1-3-10-4-6-14(7-5-10)8-11-12-9(2)15-13-11/h10H,3-8H2,1-2H3. The monoisotopic (exact) mass is 209 g/mol. The van der Waals surface area contributed by atoms with Gasteiger partial charge in [0.2, 0.25) is 5.89 Å². The molecule has 1 aromatic rings. The lowest BCUT2D eigenvalue weighted by Gasteiger charge is -2.30. The minimum atomic E-state index is 0.661. The summed E-state index contributed by atoms with van der Waals surface area (Å²) >= 11 is 0. The number of nitrogens with zero attached hydrogens (tertiary/aromatic N) is 3. The van der Waals surface area contributed by atoms with Gasteiger partial charge in [-0.3, -0.25) is 4.90 Å². The quantitative estimate of drug-likeness (QED) is 0.763. The molecule has 1 saturated heterocycles. The van der Waals surface area contributed by atoms with Crippen LogP contribution in [0.5, 0.6) is 0 Å². The van der Waals surface area contributed by atoms with Crippen molar-refractivity contribution < 1.29 is 4.52 Å². The number of aryl methyl sites for hydroxylation is 1. The Labute approximate surface area is 90.7 Å². The lowest BCUT2D eigenvalue weighted by Crippen LogP contribution is -2.33. The molecule has 0 unspecified atom stereocenters. The summed E-state index contributed by atoms with van der Waals surface area (Å²) in [5.41, 5.74) is 0. The summed E-state index contributed by atoms with van der Waals surface area (Å²) in [6.07, 6.45) is 3.94. The van der Waals surface area contributed by atoms with E-state index < -0.39 is 0 Å². The van der Waals surface area contributed by atoms with Gasteiger partial charge in [0.15, 0.2) is 5.82 Å². The van der Waals surface area contributed by atoms with Crippen LogP contribution in [-0.4, -0.2) is 28.1 Å². The Kier molecular flexibility index (Phi) is 3.36. The van der Waals surface area contributed by atoms with Crippen LogP contribution in [0.1, 0.15) is 37.9 Å². The van der Waals surface area contributed by atoms with E-state index in [4.69, 9.17) is 4.52 Å². The molecule has 4 heteroatoms. The van der Waals surface area contributed by atoms with Gasteiger partial charge < -0.3 is 4.52 Å². The molecule has 0 N–H and O–H groups in total. The Morgan fingerprint density at radius 3 is 2.67 bits per heavy atom. The predicted molar refractivity (Wildman–Crippen MR) is 57.3 cm³/mol. The molecule has 0 aromatic carbocycles. The van der Waals surface area contributed by atoms with Crippen molar-refractivity contribution in [1.29, 1.82) is 0 Å². The van der Waals surface area contributed by atoms with Gasteiger partial charge in [0.25, 0.3) is 0 Å². The summed E-state index contributed by atoms with van der Waals surface area (Å²) < 4.78 is 4.96. The van der Waals surface area contributed by atoms with Gasteiger partial charge in [-0.2, -0.15) is 4.98 Å². The molecule has 0 radical (unpaired) electrons. The van der Waals surface area contributed by atoms with E-state index in [2.05, 4.69) is 22.0 Å². The van der Waals surface area contributed by atoms with Gasteiger partial charge in [0.1, 0.15) is 0 Å². The van der Waals surface area contributed by atoms with Crippen molar-refractivity contribution in [3.63, 3.8) is 0 Å². The minimum absolute atomic E-state index is 0.661. The average Bonchev–Trinajstić information content (AvgIpc) is 2.65. The molecule has 4 nitrogen and oxygen atoms in total. The van der Waals surface area contributed by atoms with E-state index in [0.29, 0.717) is 5.89 Å². The minimum Gasteiger partial charge on any atom is -0.340 e. The van der Waals surface area contributed by atoms with Gasteiger partial charge in [0, 0.05) is 6.92 Å². The molecule has 0 atom stereocenters. The molecular weight excluding hydrogens is 190 g/mol. The first-order valence-electron chi connectivity index (χ1n) is 5.79. The van der Waals surface area contributed by atoms with Gasteiger partial charge >= 0.3 is 0 Å². The first-order chi connectivity index (χ1) is 7.28. The van der Waals surface area contributed by atoms with Crippen LogP contribution in [0, 0.1) is 12.8 Å². The highest BCUT2D eigenvalue weighted by Crippen LogP contribution is 2.20. The van der Waals surface area contributed by atoms with Gasteiger partial charge in [0.05, 0.1) is 6.54 Å². The maximum atomic E-state index is 4.96. The molecule has 0 spiro atoms. The first-order valence-corrected chi connectivity index (χ1v) is 5.79. The van der Waals surface area contributed by atoms with Crippen LogP contribution in [0.3, 0.4) is 0 Å². The molecular formula is C11H19N3O. The Morgan fingerprint density at radius 2 is 2.13 bits per heavy atom. The van der Waals surface area contributed by atoms with E-state index >= 15 is 0 Å². The molecule has 84 valence electrons. The summed E-state index contributed by atoms with van der Waals surface area (Å²) in [6, 6.07) is 0. The molecule has 15 heavy (non-hydrogen) atoms. The van der Waals surface area contributed by atoms with Gasteiger partial charge in [-0.25, -0.2) is 0 Å². The third-order valence-corrected chi connectivity index (χ3v) is 3.22. The maximum absolute atomic E-state index is 4.96. The molecule has 0 saturated carbocycles. The van der Waals surface area contributed by atoms with E-state index in [0.717, 1.165) is 18.3 Å². The van der Waals surface area contributed by atoms with Gasteiger partial charge in [-0.1, -0.05) is 18.5 Å². The van der Waals surface area contributed by atoms with Crippen molar-refractivity contribution in [2.45, 2.75) is 39.7 Å². The largest absolute Gasteiger partial charge is 0.340 e. The fourth-order valence-corrected chi connectivity index (χ4v) is 2.16. The third-order valence-electron chi connectivity index (χ3n) is 3.22. The summed E-state index contributed by atoms with van der Waals surface area (Å²) in [5, 5.41) is 3.92. The second-order valence-electron chi connectivity index (χ2n) is 4.36. The van der Waals surface area contributed by atoms with Gasteiger partial charge in [-0.05, 0) is 31.8 Å². The zero-order valence-corrected chi connectivity index (χ0v) is 9.57. The summed E-state index contributed by atoms with van der Waals surface area (Å²) in [6.45, 7) is 7.30. The molecule has 1 aliphatic rings. The van der Waals surface area contributed by atoms with Crippen LogP contribution in [0.15, 0.2) is 4.52 Å². The highest BCUT2D eigenvalue weighted by Gasteiger charge is 2.18. The summed E-state index contributed by atoms with van der Waals surface area (Å²) in [5.74, 6) is 2.41. The van der Waals surface area contributed by atoms with Crippen molar-refractivity contribution >= 4 is 0 Å². The maximum Gasteiger partial charge on any atom is 0.223 e. The first kappa shape index (κ1) is 10.6. The molecule has 1 aliphatic heterocycles.